The Balaban J connectivity index is 2.43. The monoisotopic (exact) mass is 416 g/mol. The minimum atomic E-state index is -0.612. The van der Waals surface area contributed by atoms with E-state index in [0.29, 0.717) is 18.9 Å². The minimum absolute atomic E-state index is 0.134. The molecule has 30 heavy (non-hydrogen) atoms. The Labute approximate surface area is 180 Å². The molecule has 166 valence electrons. The molecule has 4 atom stereocenters. The lowest BCUT2D eigenvalue weighted by Crippen LogP contribution is -2.54. The van der Waals surface area contributed by atoms with Gasteiger partial charge >= 0.3 is 5.97 Å². The number of aldehydes is 1. The number of rotatable bonds is 8. The number of hydrogen-bond acceptors (Lipinski definition) is 5. The van der Waals surface area contributed by atoms with E-state index in [1.165, 1.54) is 6.92 Å². The molecule has 1 saturated heterocycles. The van der Waals surface area contributed by atoms with Crippen molar-refractivity contribution in [1.29, 1.82) is 0 Å². The molecule has 1 aliphatic heterocycles. The molecule has 1 aliphatic rings. The summed E-state index contributed by atoms with van der Waals surface area (Å²) in [7, 11) is 0. The smallest absolute Gasteiger partial charge is 0.323 e. The molecule has 0 radical (unpaired) electrons. The normalized spacial score (nSPS) is 23.2. The standard InChI is InChI=1S/C24H36N2O4/c1-16(2)12-20(25-17(3)28)22-19(15-27)13-21(23(29)30-24(4,5)6)26(22)14-18-10-8-7-9-11-18/h7-11,15-16,19-22H,12-14H2,1-6H3,(H,25,28)/t19-,20-,21+,22+/m0/s1. The van der Waals surface area contributed by atoms with Crippen LogP contribution in [0.4, 0.5) is 0 Å². The van der Waals surface area contributed by atoms with Crippen LogP contribution < -0.4 is 5.32 Å². The van der Waals surface area contributed by atoms with Crippen LogP contribution in [-0.4, -0.2) is 46.8 Å². The van der Waals surface area contributed by atoms with Crippen LogP contribution in [0.2, 0.25) is 0 Å². The van der Waals surface area contributed by atoms with Gasteiger partial charge in [-0.15, -0.1) is 0 Å². The maximum Gasteiger partial charge on any atom is 0.323 e. The van der Waals surface area contributed by atoms with Gasteiger partial charge in [-0.3, -0.25) is 14.5 Å². The molecule has 1 amide bonds. The van der Waals surface area contributed by atoms with Gasteiger partial charge in [0.15, 0.2) is 0 Å². The second-order valence-corrected chi connectivity index (χ2v) is 9.67. The summed E-state index contributed by atoms with van der Waals surface area (Å²) in [6.07, 6.45) is 2.05. The molecule has 1 fully saturated rings. The Morgan fingerprint density at radius 1 is 1.23 bits per heavy atom. The number of carbonyl (C=O) groups excluding carboxylic acids is 3. The summed E-state index contributed by atoms with van der Waals surface area (Å²) in [4.78, 5) is 39.1. The van der Waals surface area contributed by atoms with Crippen LogP contribution in [-0.2, 0) is 25.7 Å². The average molecular weight is 417 g/mol. The molecule has 1 N–H and O–H groups in total. The van der Waals surface area contributed by atoms with Gasteiger partial charge < -0.3 is 14.8 Å². The summed E-state index contributed by atoms with van der Waals surface area (Å²) >= 11 is 0. The first-order valence-corrected chi connectivity index (χ1v) is 10.8. The van der Waals surface area contributed by atoms with E-state index >= 15 is 0 Å². The molecule has 6 nitrogen and oxygen atoms in total. The summed E-state index contributed by atoms with van der Waals surface area (Å²) in [5, 5.41) is 3.05. The number of nitrogens with one attached hydrogen (secondary N) is 1. The molecule has 0 unspecified atom stereocenters. The van der Waals surface area contributed by atoms with E-state index in [2.05, 4.69) is 24.1 Å². The Bertz CT molecular complexity index is 726. The first kappa shape index (κ1) is 24.1. The number of amides is 1. The minimum Gasteiger partial charge on any atom is -0.459 e. The molecule has 1 aromatic rings. The number of esters is 1. The fraction of sp³-hybridized carbons (Fsp3) is 0.625. The van der Waals surface area contributed by atoms with Crippen LogP contribution in [0.25, 0.3) is 0 Å². The molecule has 0 saturated carbocycles. The van der Waals surface area contributed by atoms with Gasteiger partial charge in [-0.25, -0.2) is 0 Å². The molecule has 2 rings (SSSR count). The Morgan fingerprint density at radius 3 is 2.37 bits per heavy atom. The van der Waals surface area contributed by atoms with Crippen LogP contribution >= 0.6 is 0 Å². The zero-order valence-electron chi connectivity index (χ0n) is 19.1. The van der Waals surface area contributed by atoms with Crippen LogP contribution in [0.15, 0.2) is 30.3 Å². The first-order chi connectivity index (χ1) is 14.0. The highest BCUT2D eigenvalue weighted by Gasteiger charge is 2.49. The van der Waals surface area contributed by atoms with E-state index in [-0.39, 0.29) is 29.9 Å². The number of ether oxygens (including phenoxy) is 1. The molecule has 1 heterocycles. The molecular weight excluding hydrogens is 380 g/mol. The van der Waals surface area contributed by atoms with Gasteiger partial charge in [0.1, 0.15) is 17.9 Å². The van der Waals surface area contributed by atoms with Gasteiger partial charge in [0.2, 0.25) is 5.91 Å². The maximum atomic E-state index is 13.1. The van der Waals surface area contributed by atoms with Crippen LogP contribution in [0.5, 0.6) is 0 Å². The van der Waals surface area contributed by atoms with Crippen LogP contribution in [0.1, 0.15) is 59.9 Å². The highest BCUT2D eigenvalue weighted by Crippen LogP contribution is 2.35. The van der Waals surface area contributed by atoms with Gasteiger partial charge in [0, 0.05) is 31.5 Å². The van der Waals surface area contributed by atoms with E-state index in [1.54, 1.807) is 0 Å². The lowest BCUT2D eigenvalue weighted by molar-refractivity contribution is -0.161. The summed E-state index contributed by atoms with van der Waals surface area (Å²) < 4.78 is 5.69. The van der Waals surface area contributed by atoms with Gasteiger partial charge in [-0.1, -0.05) is 44.2 Å². The van der Waals surface area contributed by atoms with E-state index in [1.807, 2.05) is 51.1 Å². The van der Waals surface area contributed by atoms with E-state index in [0.717, 1.165) is 18.3 Å². The van der Waals surface area contributed by atoms with Gasteiger partial charge in [-0.05, 0) is 45.1 Å². The van der Waals surface area contributed by atoms with Crippen molar-refractivity contribution in [3.63, 3.8) is 0 Å². The summed E-state index contributed by atoms with van der Waals surface area (Å²) in [5.41, 5.74) is 0.438. The van der Waals surface area contributed by atoms with Gasteiger partial charge in [0.05, 0.1) is 0 Å². The largest absolute Gasteiger partial charge is 0.459 e. The zero-order chi connectivity index (χ0) is 22.5. The summed E-state index contributed by atoms with van der Waals surface area (Å²) in [6.45, 7) is 11.7. The molecule has 0 aliphatic carbocycles. The van der Waals surface area contributed by atoms with Crippen molar-refractivity contribution in [3.8, 4) is 0 Å². The first-order valence-electron chi connectivity index (χ1n) is 10.8. The molecule has 0 aromatic heterocycles. The van der Waals surface area contributed by atoms with Crippen molar-refractivity contribution >= 4 is 18.2 Å². The quantitative estimate of drug-likeness (QED) is 0.520. The predicted molar refractivity (Wildman–Crippen MR) is 117 cm³/mol. The average Bonchev–Trinajstić information content (AvgIpc) is 2.98. The third-order valence-corrected chi connectivity index (χ3v) is 5.31. The SMILES string of the molecule is CC(=O)N[C@@H](CC(C)C)[C@H]1[C@H](C=O)C[C@H](C(=O)OC(C)(C)C)N1Cc1ccccc1. The molecule has 6 heteroatoms. The Hall–Kier alpha value is -2.21. The fourth-order valence-corrected chi connectivity index (χ4v) is 4.32. The zero-order valence-corrected chi connectivity index (χ0v) is 19.1. The van der Waals surface area contributed by atoms with Crippen molar-refractivity contribution in [2.45, 2.75) is 84.7 Å². The van der Waals surface area contributed by atoms with Gasteiger partial charge in [0.25, 0.3) is 0 Å². The Morgan fingerprint density at radius 2 is 1.87 bits per heavy atom. The van der Waals surface area contributed by atoms with Crippen molar-refractivity contribution in [2.24, 2.45) is 11.8 Å². The van der Waals surface area contributed by atoms with Gasteiger partial charge in [-0.2, -0.15) is 0 Å². The molecule has 0 bridgehead atoms. The van der Waals surface area contributed by atoms with E-state index in [4.69, 9.17) is 4.74 Å². The van der Waals surface area contributed by atoms with E-state index in [9.17, 15) is 14.4 Å². The number of hydrogen-bond donors (Lipinski definition) is 1. The number of carbonyl (C=O) groups is 3. The number of benzene rings is 1. The second-order valence-electron chi connectivity index (χ2n) is 9.67. The maximum absolute atomic E-state index is 13.1. The lowest BCUT2D eigenvalue weighted by atomic mass is 9.89. The van der Waals surface area contributed by atoms with Crippen molar-refractivity contribution in [1.82, 2.24) is 10.2 Å². The molecule has 1 aromatic carbocycles. The molecular formula is C24H36N2O4. The fourth-order valence-electron chi connectivity index (χ4n) is 4.32. The topological polar surface area (TPSA) is 75.7 Å². The lowest BCUT2D eigenvalue weighted by Gasteiger charge is -2.37. The predicted octanol–water partition coefficient (Wildman–Crippen LogP) is 3.34. The third kappa shape index (κ3) is 6.66. The number of likely N-dealkylation sites (tertiary alicyclic amines) is 1. The second kappa shape index (κ2) is 10.2. The number of nitrogens with zero attached hydrogens (tertiary/aromatic N) is 1. The summed E-state index contributed by atoms with van der Waals surface area (Å²) in [6, 6.07) is 8.84. The van der Waals surface area contributed by atoms with Crippen LogP contribution in [0.3, 0.4) is 0 Å². The third-order valence-electron chi connectivity index (χ3n) is 5.31. The highest BCUT2D eigenvalue weighted by molar-refractivity contribution is 5.78. The summed E-state index contributed by atoms with van der Waals surface area (Å²) in [5.74, 6) is -0.486. The van der Waals surface area contributed by atoms with E-state index < -0.39 is 11.6 Å². The van der Waals surface area contributed by atoms with Crippen LogP contribution in [0, 0.1) is 11.8 Å². The Kier molecular flexibility index (Phi) is 8.18. The highest BCUT2D eigenvalue weighted by atomic mass is 16.6. The van der Waals surface area contributed by atoms with Crippen molar-refractivity contribution in [3.05, 3.63) is 35.9 Å². The van der Waals surface area contributed by atoms with Crippen molar-refractivity contribution in [2.75, 3.05) is 0 Å². The van der Waals surface area contributed by atoms with Crippen molar-refractivity contribution < 1.29 is 19.1 Å². The molecule has 0 spiro atoms.